The summed E-state index contributed by atoms with van der Waals surface area (Å²) in [5.74, 6) is -0.385. The number of fused-ring (bicyclic) bond motifs is 1. The number of amides is 3. The van der Waals surface area contributed by atoms with Crippen molar-refractivity contribution in [3.63, 3.8) is 0 Å². The molecule has 0 bridgehead atoms. The van der Waals surface area contributed by atoms with Crippen LogP contribution in [0, 0.1) is 0 Å². The van der Waals surface area contributed by atoms with Gasteiger partial charge in [-0.05, 0) is 42.5 Å². The summed E-state index contributed by atoms with van der Waals surface area (Å²) in [7, 11) is -0.475. The van der Waals surface area contributed by atoms with Crippen molar-refractivity contribution in [2.45, 2.75) is 23.8 Å². The maximum absolute atomic E-state index is 13.3. The zero-order chi connectivity index (χ0) is 25.2. The largest absolute Gasteiger partial charge is 0.331 e. The lowest BCUT2D eigenvalue weighted by Crippen LogP contribution is -2.49. The van der Waals surface area contributed by atoms with E-state index in [1.807, 2.05) is 0 Å². The third kappa shape index (κ3) is 5.42. The Morgan fingerprint density at radius 2 is 1.57 bits per heavy atom. The van der Waals surface area contributed by atoms with Crippen LogP contribution in [0.5, 0.6) is 0 Å². The Morgan fingerprint density at radius 1 is 0.943 bits per heavy atom. The van der Waals surface area contributed by atoms with Crippen LogP contribution in [0.15, 0.2) is 65.6 Å². The molecule has 2 N–H and O–H groups in total. The lowest BCUT2D eigenvalue weighted by molar-refractivity contribution is 0.102. The second kappa shape index (κ2) is 10.2. The molecule has 4 rings (SSSR count). The Bertz CT molecular complexity index is 1370. The Kier molecular flexibility index (Phi) is 7.30. The average molecular weight is 515 g/mol. The molecule has 1 saturated heterocycles. The van der Waals surface area contributed by atoms with Gasteiger partial charge in [0.25, 0.3) is 5.91 Å². The van der Waals surface area contributed by atoms with Gasteiger partial charge in [0.2, 0.25) is 10.0 Å². The monoisotopic (exact) mass is 514 g/mol. The lowest BCUT2D eigenvalue weighted by Gasteiger charge is -2.33. The Balaban J connectivity index is 1.57. The number of urea groups is 1. The standard InChI is InChI=1S/C25H27ClN4O4S/c1-29(2)25(32)30-15-13-17(14-16-30)28-35(33,34)23-12-11-20(18-7-3-4-8-19(18)23)24(31)27-22-10-6-5-9-21(22)26/h3-12,17,28H,13-16H2,1-2H3,(H,27,31). The van der Waals surface area contributed by atoms with Gasteiger partial charge in [0.05, 0.1) is 15.6 Å². The number of halogens is 1. The molecule has 0 spiro atoms. The van der Waals surface area contributed by atoms with Crippen LogP contribution in [0.4, 0.5) is 10.5 Å². The van der Waals surface area contributed by atoms with Crippen LogP contribution in [-0.4, -0.2) is 63.4 Å². The third-order valence-electron chi connectivity index (χ3n) is 6.01. The summed E-state index contributed by atoms with van der Waals surface area (Å²) in [4.78, 5) is 28.5. The van der Waals surface area contributed by atoms with Crippen molar-refractivity contribution < 1.29 is 18.0 Å². The number of anilines is 1. The molecule has 184 valence electrons. The van der Waals surface area contributed by atoms with E-state index in [0.29, 0.717) is 53.0 Å². The van der Waals surface area contributed by atoms with E-state index in [-0.39, 0.29) is 22.9 Å². The first-order valence-electron chi connectivity index (χ1n) is 11.2. The van der Waals surface area contributed by atoms with Gasteiger partial charge in [-0.1, -0.05) is 48.0 Å². The summed E-state index contributed by atoms with van der Waals surface area (Å²) in [6, 6.07) is 16.4. The molecular weight excluding hydrogens is 488 g/mol. The van der Waals surface area contributed by atoms with E-state index >= 15 is 0 Å². The van der Waals surface area contributed by atoms with Crippen molar-refractivity contribution in [2.75, 3.05) is 32.5 Å². The summed E-state index contributed by atoms with van der Waals surface area (Å²) in [6.07, 6.45) is 1.05. The predicted molar refractivity (Wildman–Crippen MR) is 137 cm³/mol. The number of likely N-dealkylation sites (tertiary alicyclic amines) is 1. The molecule has 0 aliphatic carbocycles. The maximum atomic E-state index is 13.3. The molecule has 8 nitrogen and oxygen atoms in total. The van der Waals surface area contributed by atoms with Gasteiger partial charge in [0, 0.05) is 44.2 Å². The topological polar surface area (TPSA) is 98.8 Å². The van der Waals surface area contributed by atoms with Crippen molar-refractivity contribution in [2.24, 2.45) is 0 Å². The number of sulfonamides is 1. The SMILES string of the molecule is CN(C)C(=O)N1CCC(NS(=O)(=O)c2ccc(C(=O)Nc3ccccc3Cl)c3ccccc23)CC1. The third-order valence-corrected chi connectivity index (χ3v) is 7.92. The van der Waals surface area contributed by atoms with E-state index in [4.69, 9.17) is 11.6 Å². The number of carbonyl (C=O) groups excluding carboxylic acids is 2. The number of nitrogens with zero attached hydrogens (tertiary/aromatic N) is 2. The number of para-hydroxylation sites is 1. The van der Waals surface area contributed by atoms with E-state index in [1.165, 1.54) is 17.0 Å². The average Bonchev–Trinajstić information content (AvgIpc) is 2.84. The van der Waals surface area contributed by atoms with Crippen molar-refractivity contribution >= 4 is 50.0 Å². The summed E-state index contributed by atoms with van der Waals surface area (Å²) >= 11 is 6.17. The fourth-order valence-corrected chi connectivity index (χ4v) is 5.91. The molecule has 1 heterocycles. The highest BCUT2D eigenvalue weighted by atomic mass is 35.5. The van der Waals surface area contributed by atoms with Crippen LogP contribution in [0.3, 0.4) is 0 Å². The van der Waals surface area contributed by atoms with E-state index in [2.05, 4.69) is 10.0 Å². The zero-order valence-electron chi connectivity index (χ0n) is 19.5. The molecule has 35 heavy (non-hydrogen) atoms. The zero-order valence-corrected chi connectivity index (χ0v) is 21.1. The van der Waals surface area contributed by atoms with Crippen LogP contribution in [-0.2, 0) is 10.0 Å². The van der Waals surface area contributed by atoms with Crippen LogP contribution >= 0.6 is 11.6 Å². The van der Waals surface area contributed by atoms with Crippen LogP contribution in [0.25, 0.3) is 10.8 Å². The smallest absolute Gasteiger partial charge is 0.319 e. The van der Waals surface area contributed by atoms with Gasteiger partial charge in [-0.3, -0.25) is 4.79 Å². The van der Waals surface area contributed by atoms with Crippen molar-refractivity contribution in [1.82, 2.24) is 14.5 Å². The Morgan fingerprint density at radius 3 is 2.23 bits per heavy atom. The van der Waals surface area contributed by atoms with Crippen LogP contribution < -0.4 is 10.0 Å². The molecule has 3 aromatic rings. The van der Waals surface area contributed by atoms with Crippen molar-refractivity contribution in [3.05, 3.63) is 71.2 Å². The minimum absolute atomic E-state index is 0.0806. The highest BCUT2D eigenvalue weighted by molar-refractivity contribution is 7.89. The summed E-state index contributed by atoms with van der Waals surface area (Å²) < 4.78 is 29.5. The fourth-order valence-electron chi connectivity index (χ4n) is 4.21. The summed E-state index contributed by atoms with van der Waals surface area (Å²) in [5.41, 5.74) is 0.815. The van der Waals surface area contributed by atoms with Gasteiger partial charge in [0.15, 0.2) is 0 Å². The minimum Gasteiger partial charge on any atom is -0.331 e. The molecule has 0 aromatic heterocycles. The molecule has 1 aliphatic heterocycles. The quantitative estimate of drug-likeness (QED) is 0.534. The first-order chi connectivity index (χ1) is 16.7. The van der Waals surface area contributed by atoms with Gasteiger partial charge in [-0.15, -0.1) is 0 Å². The number of hydrogen-bond acceptors (Lipinski definition) is 4. The maximum Gasteiger partial charge on any atom is 0.319 e. The molecular formula is C25H27ClN4O4S. The number of nitrogens with one attached hydrogen (secondary N) is 2. The predicted octanol–water partition coefficient (Wildman–Crippen LogP) is 4.17. The van der Waals surface area contributed by atoms with Crippen molar-refractivity contribution in [1.29, 1.82) is 0 Å². The van der Waals surface area contributed by atoms with Gasteiger partial charge in [-0.25, -0.2) is 17.9 Å². The van der Waals surface area contributed by atoms with E-state index in [0.717, 1.165) is 0 Å². The number of hydrogen-bond donors (Lipinski definition) is 2. The van der Waals surface area contributed by atoms with Gasteiger partial charge in [-0.2, -0.15) is 0 Å². The van der Waals surface area contributed by atoms with Gasteiger partial charge in [0.1, 0.15) is 0 Å². The number of benzene rings is 3. The molecule has 0 saturated carbocycles. The molecule has 3 aromatic carbocycles. The number of carbonyl (C=O) groups is 2. The van der Waals surface area contributed by atoms with E-state index in [9.17, 15) is 18.0 Å². The molecule has 1 aliphatic rings. The van der Waals surface area contributed by atoms with Crippen LogP contribution in [0.2, 0.25) is 5.02 Å². The summed E-state index contributed by atoms with van der Waals surface area (Å²) in [6.45, 7) is 0.957. The lowest BCUT2D eigenvalue weighted by atomic mass is 10.0. The van der Waals surface area contributed by atoms with Crippen LogP contribution in [0.1, 0.15) is 23.2 Å². The molecule has 10 heteroatoms. The Hall–Kier alpha value is -3.14. The minimum atomic E-state index is -3.87. The molecule has 3 amide bonds. The van der Waals surface area contributed by atoms with E-state index < -0.39 is 10.0 Å². The first-order valence-corrected chi connectivity index (χ1v) is 13.1. The summed E-state index contributed by atoms with van der Waals surface area (Å²) in [5, 5.41) is 4.17. The normalized spacial score (nSPS) is 14.7. The highest BCUT2D eigenvalue weighted by Gasteiger charge is 2.28. The molecule has 0 atom stereocenters. The number of rotatable bonds is 5. The second-order valence-electron chi connectivity index (χ2n) is 8.65. The number of piperidine rings is 1. The van der Waals surface area contributed by atoms with Crippen molar-refractivity contribution in [3.8, 4) is 0 Å². The van der Waals surface area contributed by atoms with Gasteiger partial charge < -0.3 is 15.1 Å². The van der Waals surface area contributed by atoms with Gasteiger partial charge >= 0.3 is 6.03 Å². The molecule has 0 radical (unpaired) electrons. The second-order valence-corrected chi connectivity index (χ2v) is 10.7. The molecule has 0 unspecified atom stereocenters. The highest BCUT2D eigenvalue weighted by Crippen LogP contribution is 2.29. The Labute approximate surface area is 209 Å². The first kappa shape index (κ1) is 25.0. The van der Waals surface area contributed by atoms with E-state index in [1.54, 1.807) is 67.5 Å². The molecule has 1 fully saturated rings. The fraction of sp³-hybridized carbons (Fsp3) is 0.280.